The fraction of sp³-hybridized carbons (Fsp3) is 0.333. The minimum Gasteiger partial charge on any atom is -0.368 e. The van der Waals surface area contributed by atoms with Crippen LogP contribution in [0.3, 0.4) is 0 Å². The lowest BCUT2D eigenvalue weighted by Crippen LogP contribution is -2.05. The van der Waals surface area contributed by atoms with Gasteiger partial charge in [0.2, 0.25) is 5.96 Å². The van der Waals surface area contributed by atoms with Gasteiger partial charge in [0.15, 0.2) is 6.23 Å². The first-order chi connectivity index (χ1) is 3.29. The first-order valence-electron chi connectivity index (χ1n) is 1.84. The van der Waals surface area contributed by atoms with E-state index in [-0.39, 0.29) is 5.96 Å². The highest BCUT2D eigenvalue weighted by molar-refractivity contribution is 5.92. The van der Waals surface area contributed by atoms with E-state index >= 15 is 0 Å². The fourth-order valence-electron chi connectivity index (χ4n) is 0.345. The summed E-state index contributed by atoms with van der Waals surface area (Å²) in [5, 5.41) is 8.48. The van der Waals surface area contributed by atoms with E-state index in [2.05, 4.69) is 9.98 Å². The molecule has 0 spiro atoms. The number of guanidine groups is 1. The second kappa shape index (κ2) is 1.31. The molecular weight excluding hydrogens is 94.1 g/mol. The van der Waals surface area contributed by atoms with Crippen molar-refractivity contribution in [2.45, 2.75) is 6.23 Å². The summed E-state index contributed by atoms with van der Waals surface area (Å²) in [6.07, 6.45) is 0.468. The highest BCUT2D eigenvalue weighted by Crippen LogP contribution is 1.88. The van der Waals surface area contributed by atoms with E-state index in [1.165, 1.54) is 6.21 Å². The predicted molar refractivity (Wildman–Crippen MR) is 26.1 cm³/mol. The van der Waals surface area contributed by atoms with Crippen LogP contribution in [0, 0.1) is 0 Å². The van der Waals surface area contributed by atoms with Crippen LogP contribution in [-0.2, 0) is 0 Å². The lowest BCUT2D eigenvalue weighted by Gasteiger charge is -1.83. The summed E-state index contributed by atoms with van der Waals surface area (Å²) in [7, 11) is 0. The smallest absolute Gasteiger partial charge is 0.218 e. The molecular formula is C3H5N3O. The molecule has 0 aromatic carbocycles. The van der Waals surface area contributed by atoms with Crippen molar-refractivity contribution in [1.29, 1.82) is 0 Å². The standard InChI is InChI=1S/C3H5N3O/c4-3-5-1-2(7)6-3/h1-2,7H,(H2,4,6). The summed E-state index contributed by atoms with van der Waals surface area (Å²) in [6, 6.07) is 0. The first-order valence-corrected chi connectivity index (χ1v) is 1.84. The van der Waals surface area contributed by atoms with E-state index in [4.69, 9.17) is 10.8 Å². The zero-order chi connectivity index (χ0) is 5.28. The van der Waals surface area contributed by atoms with Crippen molar-refractivity contribution in [3.8, 4) is 0 Å². The number of aliphatic hydroxyl groups excluding tert-OH is 1. The second-order valence-electron chi connectivity index (χ2n) is 1.18. The molecule has 0 aromatic rings. The van der Waals surface area contributed by atoms with Gasteiger partial charge in [-0.1, -0.05) is 0 Å². The van der Waals surface area contributed by atoms with E-state index in [1.807, 2.05) is 0 Å². The summed E-state index contributed by atoms with van der Waals surface area (Å²) < 4.78 is 0. The van der Waals surface area contributed by atoms with Crippen molar-refractivity contribution in [3.63, 3.8) is 0 Å². The molecule has 0 saturated heterocycles. The van der Waals surface area contributed by atoms with E-state index in [1.54, 1.807) is 0 Å². The molecule has 0 radical (unpaired) electrons. The summed E-state index contributed by atoms with van der Waals surface area (Å²) in [5.74, 6) is 0.146. The van der Waals surface area contributed by atoms with Gasteiger partial charge in [-0.2, -0.15) is 0 Å². The van der Waals surface area contributed by atoms with Crippen LogP contribution in [0.5, 0.6) is 0 Å². The maximum Gasteiger partial charge on any atom is 0.218 e. The topological polar surface area (TPSA) is 71.0 Å². The van der Waals surface area contributed by atoms with E-state index < -0.39 is 6.23 Å². The summed E-state index contributed by atoms with van der Waals surface area (Å²) in [5.41, 5.74) is 5.02. The minimum absolute atomic E-state index is 0.146. The first kappa shape index (κ1) is 4.26. The largest absolute Gasteiger partial charge is 0.368 e. The molecule has 1 unspecified atom stereocenters. The molecule has 0 bridgehead atoms. The normalized spacial score (nSPS) is 28.1. The van der Waals surface area contributed by atoms with Gasteiger partial charge in [0, 0.05) is 0 Å². The molecule has 1 atom stereocenters. The molecule has 0 aromatic heterocycles. The molecule has 0 aliphatic carbocycles. The highest BCUT2D eigenvalue weighted by Gasteiger charge is 2.02. The third-order valence-electron chi connectivity index (χ3n) is 0.605. The van der Waals surface area contributed by atoms with Gasteiger partial charge in [-0.3, -0.25) is 0 Å². The Hall–Kier alpha value is -0.900. The molecule has 1 rings (SSSR count). The molecule has 7 heavy (non-hydrogen) atoms. The number of aliphatic imine (C=N–C) groups is 2. The summed E-state index contributed by atoms with van der Waals surface area (Å²) >= 11 is 0. The number of nitrogens with two attached hydrogens (primary N) is 1. The van der Waals surface area contributed by atoms with Crippen LogP contribution in [0.15, 0.2) is 9.98 Å². The van der Waals surface area contributed by atoms with Crippen LogP contribution in [0.4, 0.5) is 0 Å². The van der Waals surface area contributed by atoms with Crippen molar-refractivity contribution >= 4 is 12.2 Å². The molecule has 1 aliphatic rings. The lowest BCUT2D eigenvalue weighted by molar-refractivity contribution is 0.260. The maximum atomic E-state index is 8.48. The van der Waals surface area contributed by atoms with Crippen LogP contribution in [0.25, 0.3) is 0 Å². The van der Waals surface area contributed by atoms with Gasteiger partial charge in [-0.15, -0.1) is 0 Å². The average molecular weight is 99.1 g/mol. The van der Waals surface area contributed by atoms with Gasteiger partial charge in [0.1, 0.15) is 0 Å². The van der Waals surface area contributed by atoms with E-state index in [0.29, 0.717) is 0 Å². The van der Waals surface area contributed by atoms with E-state index in [0.717, 1.165) is 0 Å². The lowest BCUT2D eigenvalue weighted by atomic mass is 10.7. The Balaban J connectivity index is 2.69. The third-order valence-corrected chi connectivity index (χ3v) is 0.605. The van der Waals surface area contributed by atoms with Crippen LogP contribution in [0.2, 0.25) is 0 Å². The molecule has 0 saturated carbocycles. The monoisotopic (exact) mass is 99.0 g/mol. The Kier molecular flexibility index (Phi) is 0.796. The Morgan fingerprint density at radius 1 is 1.86 bits per heavy atom. The Bertz CT molecular complexity index is 128. The second-order valence-corrected chi connectivity index (χ2v) is 1.18. The fourth-order valence-corrected chi connectivity index (χ4v) is 0.345. The van der Waals surface area contributed by atoms with Crippen molar-refractivity contribution in [2.75, 3.05) is 0 Å². The third kappa shape index (κ3) is 0.747. The van der Waals surface area contributed by atoms with Gasteiger partial charge in [0.25, 0.3) is 0 Å². The highest BCUT2D eigenvalue weighted by atomic mass is 16.3. The summed E-state index contributed by atoms with van der Waals surface area (Å²) in [4.78, 5) is 6.89. The molecule has 0 fully saturated rings. The van der Waals surface area contributed by atoms with Crippen LogP contribution < -0.4 is 5.73 Å². The van der Waals surface area contributed by atoms with Crippen LogP contribution >= 0.6 is 0 Å². The van der Waals surface area contributed by atoms with Gasteiger partial charge in [-0.05, 0) is 0 Å². The maximum absolute atomic E-state index is 8.48. The number of aliphatic hydroxyl groups is 1. The molecule has 4 heteroatoms. The number of rotatable bonds is 0. The average Bonchev–Trinajstić information content (AvgIpc) is 1.87. The zero-order valence-corrected chi connectivity index (χ0v) is 3.57. The zero-order valence-electron chi connectivity index (χ0n) is 3.57. The minimum atomic E-state index is -0.806. The van der Waals surface area contributed by atoms with E-state index in [9.17, 15) is 0 Å². The van der Waals surface area contributed by atoms with Crippen molar-refractivity contribution in [1.82, 2.24) is 0 Å². The van der Waals surface area contributed by atoms with Crippen LogP contribution in [0.1, 0.15) is 0 Å². The Morgan fingerprint density at radius 3 is 2.71 bits per heavy atom. The van der Waals surface area contributed by atoms with Crippen molar-refractivity contribution in [2.24, 2.45) is 15.7 Å². The molecule has 38 valence electrons. The molecule has 1 aliphatic heterocycles. The van der Waals surface area contributed by atoms with Crippen LogP contribution in [-0.4, -0.2) is 23.5 Å². The molecule has 4 nitrogen and oxygen atoms in total. The van der Waals surface area contributed by atoms with Gasteiger partial charge in [-0.25, -0.2) is 9.98 Å². The van der Waals surface area contributed by atoms with Crippen molar-refractivity contribution < 1.29 is 5.11 Å². The van der Waals surface area contributed by atoms with Gasteiger partial charge in [0.05, 0.1) is 6.21 Å². The Labute approximate surface area is 40.4 Å². The molecule has 3 N–H and O–H groups in total. The molecule has 0 amide bonds. The quantitative estimate of drug-likeness (QED) is 0.396. The Morgan fingerprint density at radius 2 is 2.57 bits per heavy atom. The number of hydrogen-bond donors (Lipinski definition) is 2. The summed E-state index contributed by atoms with van der Waals surface area (Å²) in [6.45, 7) is 0. The predicted octanol–water partition coefficient (Wildman–Crippen LogP) is -1.30. The van der Waals surface area contributed by atoms with Gasteiger partial charge < -0.3 is 10.8 Å². The SMILES string of the molecule is NC1=NC(O)C=N1. The number of hydrogen-bond acceptors (Lipinski definition) is 4. The molecule has 1 heterocycles. The van der Waals surface area contributed by atoms with Crippen molar-refractivity contribution in [3.05, 3.63) is 0 Å². The van der Waals surface area contributed by atoms with Gasteiger partial charge >= 0.3 is 0 Å². The number of nitrogens with zero attached hydrogens (tertiary/aromatic N) is 2.